The lowest BCUT2D eigenvalue weighted by Crippen LogP contribution is -2.38. The number of rotatable bonds is 7. The minimum Gasteiger partial charge on any atom is -0.497 e. The number of nitrogens with zero attached hydrogens (tertiary/aromatic N) is 2. The Bertz CT molecular complexity index is 1010. The number of oxazole rings is 1. The highest BCUT2D eigenvalue weighted by Crippen LogP contribution is 2.34. The summed E-state index contributed by atoms with van der Waals surface area (Å²) in [4.78, 5) is 20.7. The van der Waals surface area contributed by atoms with Crippen molar-refractivity contribution in [2.45, 2.75) is 26.3 Å². The molecule has 3 aromatic rings. The third-order valence-electron chi connectivity index (χ3n) is 5.55. The van der Waals surface area contributed by atoms with Gasteiger partial charge >= 0.3 is 0 Å². The Morgan fingerprint density at radius 1 is 1.30 bits per heavy atom. The summed E-state index contributed by atoms with van der Waals surface area (Å²) in [5, 5.41) is 1.96. The van der Waals surface area contributed by atoms with E-state index in [0.29, 0.717) is 23.9 Å². The van der Waals surface area contributed by atoms with Gasteiger partial charge in [-0.05, 0) is 49.9 Å². The van der Waals surface area contributed by atoms with Gasteiger partial charge in [0.1, 0.15) is 17.3 Å². The maximum absolute atomic E-state index is 12.8. The first-order valence-electron chi connectivity index (χ1n) is 10.1. The SMILES string of the molecule is COc1ccc(-c2nc(CN3CCC[C@@H](C(=O)c4cccs4)C3)c(C)o2)c(OC)c1. The molecule has 0 radical (unpaired) electrons. The number of thiophene rings is 1. The molecule has 2 aromatic heterocycles. The molecule has 7 heteroatoms. The molecule has 0 amide bonds. The summed E-state index contributed by atoms with van der Waals surface area (Å²) >= 11 is 1.52. The molecule has 30 heavy (non-hydrogen) atoms. The van der Waals surface area contributed by atoms with Crippen LogP contribution in [0.15, 0.2) is 40.1 Å². The predicted octanol–water partition coefficient (Wildman–Crippen LogP) is 4.82. The molecule has 1 aliphatic heterocycles. The zero-order chi connectivity index (χ0) is 21.1. The van der Waals surface area contributed by atoms with Crippen LogP contribution >= 0.6 is 11.3 Å². The largest absolute Gasteiger partial charge is 0.497 e. The molecule has 158 valence electrons. The van der Waals surface area contributed by atoms with Gasteiger partial charge in [0, 0.05) is 25.1 Å². The third-order valence-corrected chi connectivity index (χ3v) is 6.43. The highest BCUT2D eigenvalue weighted by atomic mass is 32.1. The number of carbonyl (C=O) groups is 1. The maximum Gasteiger partial charge on any atom is 0.230 e. The molecule has 0 unspecified atom stereocenters. The Hall–Kier alpha value is -2.64. The van der Waals surface area contributed by atoms with Crippen LogP contribution in [0, 0.1) is 12.8 Å². The predicted molar refractivity (Wildman–Crippen MR) is 116 cm³/mol. The van der Waals surface area contributed by atoms with E-state index >= 15 is 0 Å². The Kier molecular flexibility index (Phi) is 6.20. The van der Waals surface area contributed by atoms with E-state index in [4.69, 9.17) is 18.9 Å². The van der Waals surface area contributed by atoms with Gasteiger partial charge in [-0.2, -0.15) is 0 Å². The molecule has 4 rings (SSSR count). The first-order chi connectivity index (χ1) is 14.6. The molecule has 1 atom stereocenters. The summed E-state index contributed by atoms with van der Waals surface area (Å²) < 4.78 is 16.7. The van der Waals surface area contributed by atoms with E-state index in [-0.39, 0.29) is 11.7 Å². The van der Waals surface area contributed by atoms with Crippen molar-refractivity contribution in [1.82, 2.24) is 9.88 Å². The summed E-state index contributed by atoms with van der Waals surface area (Å²) in [7, 11) is 3.24. The lowest BCUT2D eigenvalue weighted by molar-refractivity contribution is 0.0814. The van der Waals surface area contributed by atoms with Gasteiger partial charge in [0.25, 0.3) is 0 Å². The number of aromatic nitrogens is 1. The number of ether oxygens (including phenoxy) is 2. The van der Waals surface area contributed by atoms with Gasteiger partial charge in [0.15, 0.2) is 5.78 Å². The van der Waals surface area contributed by atoms with Crippen LogP contribution in [0.1, 0.15) is 34.0 Å². The fourth-order valence-electron chi connectivity index (χ4n) is 3.91. The van der Waals surface area contributed by atoms with E-state index in [1.54, 1.807) is 14.2 Å². The zero-order valence-electron chi connectivity index (χ0n) is 17.5. The van der Waals surface area contributed by atoms with E-state index < -0.39 is 0 Å². The number of hydrogen-bond acceptors (Lipinski definition) is 7. The van der Waals surface area contributed by atoms with Crippen LogP contribution in [0.4, 0.5) is 0 Å². The Morgan fingerprint density at radius 3 is 2.90 bits per heavy atom. The molecule has 3 heterocycles. The normalized spacial score (nSPS) is 17.1. The second-order valence-corrected chi connectivity index (χ2v) is 8.45. The van der Waals surface area contributed by atoms with E-state index in [1.807, 2.05) is 42.6 Å². The van der Waals surface area contributed by atoms with E-state index in [1.165, 1.54) is 11.3 Å². The molecule has 0 spiro atoms. The summed E-state index contributed by atoms with van der Waals surface area (Å²) in [6.45, 7) is 4.31. The minimum absolute atomic E-state index is 0.0470. The Labute approximate surface area is 180 Å². The molecule has 0 bridgehead atoms. The van der Waals surface area contributed by atoms with Gasteiger partial charge < -0.3 is 13.9 Å². The first-order valence-corrected chi connectivity index (χ1v) is 11.0. The van der Waals surface area contributed by atoms with Crippen LogP contribution in [0.3, 0.4) is 0 Å². The Balaban J connectivity index is 1.49. The Morgan fingerprint density at radius 2 is 2.17 bits per heavy atom. The molecule has 1 aliphatic rings. The van der Waals surface area contributed by atoms with Gasteiger partial charge in [-0.15, -0.1) is 11.3 Å². The number of Topliss-reactive ketones (excluding diaryl/α,β-unsaturated/α-hetero) is 1. The topological polar surface area (TPSA) is 64.8 Å². The van der Waals surface area contributed by atoms with Gasteiger partial charge in [0.2, 0.25) is 5.89 Å². The molecule has 0 N–H and O–H groups in total. The van der Waals surface area contributed by atoms with E-state index in [9.17, 15) is 4.79 Å². The van der Waals surface area contributed by atoms with Gasteiger partial charge in [-0.25, -0.2) is 4.98 Å². The summed E-state index contributed by atoms with van der Waals surface area (Å²) in [5.74, 6) is 3.00. The number of piperidine rings is 1. The number of hydrogen-bond donors (Lipinski definition) is 0. The summed E-state index contributed by atoms with van der Waals surface area (Å²) in [5.41, 5.74) is 1.68. The van der Waals surface area contributed by atoms with Crippen molar-refractivity contribution < 1.29 is 18.7 Å². The molecule has 0 aliphatic carbocycles. The third kappa shape index (κ3) is 4.27. The van der Waals surface area contributed by atoms with Crippen molar-refractivity contribution in [3.05, 3.63) is 52.0 Å². The fraction of sp³-hybridized carbons (Fsp3) is 0.391. The van der Waals surface area contributed by atoms with Gasteiger partial charge in [0.05, 0.1) is 30.4 Å². The van der Waals surface area contributed by atoms with Crippen LogP contribution in [-0.2, 0) is 6.54 Å². The average molecular weight is 427 g/mol. The van der Waals surface area contributed by atoms with Crippen molar-refractivity contribution in [2.24, 2.45) is 5.92 Å². The van der Waals surface area contributed by atoms with E-state index in [2.05, 4.69) is 4.90 Å². The van der Waals surface area contributed by atoms with Crippen LogP contribution in [-0.4, -0.2) is 43.0 Å². The first kappa shape index (κ1) is 20.6. The van der Waals surface area contributed by atoms with Crippen LogP contribution < -0.4 is 9.47 Å². The molecule has 0 saturated carbocycles. The van der Waals surface area contributed by atoms with Crippen molar-refractivity contribution in [1.29, 1.82) is 0 Å². The number of benzene rings is 1. The molecular formula is C23H26N2O4S. The van der Waals surface area contributed by atoms with Crippen molar-refractivity contribution in [3.63, 3.8) is 0 Å². The monoisotopic (exact) mass is 426 g/mol. The number of aryl methyl sites for hydroxylation is 1. The molecule has 1 saturated heterocycles. The second kappa shape index (κ2) is 9.02. The standard InChI is InChI=1S/C23H26N2O4S/c1-15-19(24-23(29-15)18-9-8-17(27-2)12-20(18)28-3)14-25-10-4-6-16(13-25)22(26)21-7-5-11-30-21/h5,7-9,11-12,16H,4,6,10,13-14H2,1-3H3/t16-/m1/s1. The van der Waals surface area contributed by atoms with Gasteiger partial charge in [-0.1, -0.05) is 6.07 Å². The molecular weight excluding hydrogens is 400 g/mol. The van der Waals surface area contributed by atoms with Crippen molar-refractivity contribution >= 4 is 17.1 Å². The summed E-state index contributed by atoms with van der Waals surface area (Å²) in [6, 6.07) is 9.43. The summed E-state index contributed by atoms with van der Waals surface area (Å²) in [6.07, 6.45) is 1.96. The lowest BCUT2D eigenvalue weighted by Gasteiger charge is -2.31. The number of likely N-dealkylation sites (tertiary alicyclic amines) is 1. The van der Waals surface area contributed by atoms with Crippen LogP contribution in [0.25, 0.3) is 11.5 Å². The smallest absolute Gasteiger partial charge is 0.230 e. The lowest BCUT2D eigenvalue weighted by atomic mass is 9.93. The van der Waals surface area contributed by atoms with Gasteiger partial charge in [-0.3, -0.25) is 9.69 Å². The second-order valence-electron chi connectivity index (χ2n) is 7.50. The highest BCUT2D eigenvalue weighted by molar-refractivity contribution is 7.12. The average Bonchev–Trinajstić information content (AvgIpc) is 3.43. The van der Waals surface area contributed by atoms with Crippen molar-refractivity contribution in [2.75, 3.05) is 27.3 Å². The quantitative estimate of drug-likeness (QED) is 0.505. The maximum atomic E-state index is 12.8. The number of ketones is 1. The zero-order valence-corrected chi connectivity index (χ0v) is 18.3. The minimum atomic E-state index is 0.0470. The molecule has 1 aromatic carbocycles. The number of methoxy groups -OCH3 is 2. The van der Waals surface area contributed by atoms with E-state index in [0.717, 1.165) is 47.8 Å². The van der Waals surface area contributed by atoms with Crippen molar-refractivity contribution in [3.8, 4) is 23.0 Å². The number of carbonyl (C=O) groups excluding carboxylic acids is 1. The fourth-order valence-corrected chi connectivity index (χ4v) is 4.65. The highest BCUT2D eigenvalue weighted by Gasteiger charge is 2.28. The molecule has 6 nitrogen and oxygen atoms in total. The van der Waals surface area contributed by atoms with Crippen LogP contribution in [0.5, 0.6) is 11.5 Å². The van der Waals surface area contributed by atoms with Crippen LogP contribution in [0.2, 0.25) is 0 Å². The molecule has 1 fully saturated rings.